The molecule has 0 spiro atoms. The van der Waals surface area contributed by atoms with Crippen LogP contribution in [0.3, 0.4) is 0 Å². The number of ketones is 2. The Morgan fingerprint density at radius 1 is 0.253 bits per heavy atom. The van der Waals surface area contributed by atoms with Crippen LogP contribution in [0.25, 0.3) is 0 Å². The fraction of sp³-hybridized carbons (Fsp3) is 0.855. The monoisotopic (exact) mass is 1290 g/mol. The summed E-state index contributed by atoms with van der Waals surface area (Å²) in [6, 6.07) is 0. The zero-order valence-electron chi connectivity index (χ0n) is 61.5. The van der Waals surface area contributed by atoms with Crippen molar-refractivity contribution < 1.29 is 30.5 Å². The molecule has 91 heavy (non-hydrogen) atoms. The number of Topliss-reactive ketones (excluding diaryl/α,β-unsaturated/α-hetero) is 2. The summed E-state index contributed by atoms with van der Waals surface area (Å²) in [6.45, 7) is 11.3. The Kier molecular flexibility index (Phi) is 73.2. The zero-order valence-corrected chi connectivity index (χ0v) is 62.6. The molecule has 0 saturated carbocycles. The Bertz CT molecular complexity index is 1470. The number of hydrogen-bond donors (Lipinski definition) is 0. The van der Waals surface area contributed by atoms with Crippen molar-refractivity contribution in [3.8, 4) is 0 Å². The fourth-order valence-electron chi connectivity index (χ4n) is 12.7. The van der Waals surface area contributed by atoms with Crippen LogP contribution in [-0.4, -0.2) is 45.3 Å². The van der Waals surface area contributed by atoms with Gasteiger partial charge in [0.1, 0.15) is 24.4 Å². The second kappa shape index (κ2) is 75.1. The molecule has 0 fully saturated rings. The highest BCUT2D eigenvalue weighted by molar-refractivity contribution is 6.42. The Hall–Kier alpha value is -2.27. The molecule has 0 heterocycles. The van der Waals surface area contributed by atoms with E-state index in [0.29, 0.717) is 6.42 Å². The molecular formula is C83H153AlO7. The number of rotatable bonds is 75. The maximum Gasteiger partial charge on any atom is 1.10 e. The first-order valence-corrected chi connectivity index (χ1v) is 41.9. The van der Waals surface area contributed by atoms with Gasteiger partial charge in [-0.25, -0.2) is 0 Å². The lowest BCUT2D eigenvalue weighted by atomic mass is 9.89. The van der Waals surface area contributed by atoms with Crippen molar-refractivity contribution in [1.29, 1.82) is 0 Å². The summed E-state index contributed by atoms with van der Waals surface area (Å²) in [5.74, 6) is -1.88. The summed E-state index contributed by atoms with van der Waals surface area (Å²) < 4.78 is 17.4. The van der Waals surface area contributed by atoms with Crippen molar-refractivity contribution in [2.45, 2.75) is 439 Å². The Labute approximate surface area is 572 Å². The first-order chi connectivity index (χ1) is 44.8. The van der Waals surface area contributed by atoms with Crippen LogP contribution >= 0.6 is 0 Å². The van der Waals surface area contributed by atoms with Gasteiger partial charge in [-0.2, -0.15) is 0 Å². The van der Waals surface area contributed by atoms with Crippen LogP contribution in [-0.2, 0) is 30.5 Å². The molecule has 0 unspecified atom stereocenters. The molecule has 0 rings (SSSR count). The maximum absolute atomic E-state index is 14.0. The molecule has 0 aliphatic rings. The molecule has 0 aliphatic heterocycles. The molecule has 0 bridgehead atoms. The summed E-state index contributed by atoms with van der Waals surface area (Å²) in [6.07, 6.45) is 91.9. The van der Waals surface area contributed by atoms with E-state index in [9.17, 15) is 19.2 Å². The molecule has 0 atom stereocenters. The van der Waals surface area contributed by atoms with Crippen molar-refractivity contribution >= 4 is 38.7 Å². The molecule has 8 heteroatoms. The molecule has 0 aromatic rings. The lowest BCUT2D eigenvalue weighted by Gasteiger charge is -2.18. The van der Waals surface area contributed by atoms with Gasteiger partial charge < -0.3 is 11.4 Å². The number of unbranched alkanes of at least 4 members (excludes halogenated alkanes) is 48. The zero-order chi connectivity index (χ0) is 66.1. The molecule has 0 aromatic heterocycles. The van der Waals surface area contributed by atoms with Gasteiger partial charge in [0, 0.05) is 18.4 Å². The molecular weight excluding hydrogens is 1140 g/mol. The van der Waals surface area contributed by atoms with E-state index in [0.717, 1.165) is 77.0 Å². The van der Waals surface area contributed by atoms with Crippen LogP contribution in [0.5, 0.6) is 0 Å². The van der Waals surface area contributed by atoms with Crippen LogP contribution in [0.4, 0.5) is 0 Å². The SMILES string of the molecule is CCCCCCCC/C=C\CCCCCCCCC(CCCCCCCC/C=C\CCCCCCCC)C(=O)CC(=O)[O][Al]([O]CCC)[O]C(=O)CC(=O)C(CCCCCCCC/C=C\CCCCCCCC)CCCCCCCC/C=C\CCCCCCCC. The summed E-state index contributed by atoms with van der Waals surface area (Å²) in [5, 5.41) is 0. The maximum atomic E-state index is 14.0. The molecule has 7 nitrogen and oxygen atoms in total. The Morgan fingerprint density at radius 2 is 0.440 bits per heavy atom. The molecule has 0 radical (unpaired) electrons. The Morgan fingerprint density at radius 3 is 0.637 bits per heavy atom. The van der Waals surface area contributed by atoms with Gasteiger partial charge in [-0.3, -0.25) is 19.2 Å². The lowest BCUT2D eigenvalue weighted by molar-refractivity contribution is -0.146. The van der Waals surface area contributed by atoms with E-state index in [4.69, 9.17) is 11.4 Å². The van der Waals surface area contributed by atoms with Crippen molar-refractivity contribution in [1.82, 2.24) is 0 Å². The second-order valence-electron chi connectivity index (χ2n) is 27.7. The number of allylic oxidation sites excluding steroid dienone is 8. The van der Waals surface area contributed by atoms with E-state index in [1.807, 2.05) is 6.92 Å². The highest BCUT2D eigenvalue weighted by Crippen LogP contribution is 2.25. The average Bonchev–Trinajstić information content (AvgIpc) is 3.75. The van der Waals surface area contributed by atoms with Crippen LogP contribution in [0.15, 0.2) is 48.6 Å². The molecule has 0 saturated heterocycles. The Balaban J connectivity index is 5.39. The quantitative estimate of drug-likeness (QED) is 0.0259. The number of hydrogen-bond acceptors (Lipinski definition) is 7. The minimum absolute atomic E-state index is 0.0736. The fourth-order valence-corrected chi connectivity index (χ4v) is 13.9. The third-order valence-electron chi connectivity index (χ3n) is 18.7. The van der Waals surface area contributed by atoms with Gasteiger partial charge in [0.15, 0.2) is 0 Å². The van der Waals surface area contributed by atoms with Gasteiger partial charge in [0.05, 0.1) is 0 Å². The first-order valence-electron chi connectivity index (χ1n) is 40.5. The van der Waals surface area contributed by atoms with Gasteiger partial charge in [-0.05, 0) is 135 Å². The standard InChI is InChI=1S/2C40H74O3.C3H7O.Al/c2*1-3-5-7-9-11-13-15-17-19-21-23-25-27-29-31-33-35-38(39(41)37-40(42)43)36-34-32-30-28-26-24-22-20-18-16-14-12-10-8-6-4-2;1-2-3-4;/h2*17-20,38H,3-16,21-37H2,1-2H3,(H,42,43);2-3H2,1H3;/q;;-1;+3/p-2/b2*19-17-,20-18-;;. The average molecular weight is 1290 g/mol. The van der Waals surface area contributed by atoms with Crippen LogP contribution < -0.4 is 0 Å². The second-order valence-corrected chi connectivity index (χ2v) is 29.1. The van der Waals surface area contributed by atoms with Crippen molar-refractivity contribution in [2.24, 2.45) is 11.8 Å². The highest BCUT2D eigenvalue weighted by atomic mass is 27.3. The third-order valence-corrected chi connectivity index (χ3v) is 20.1. The first kappa shape index (κ1) is 88.7. The highest BCUT2D eigenvalue weighted by Gasteiger charge is 2.44. The predicted octanol–water partition coefficient (Wildman–Crippen LogP) is 27.3. The normalized spacial score (nSPS) is 12.0. The van der Waals surface area contributed by atoms with E-state index in [1.165, 1.54) is 308 Å². The van der Waals surface area contributed by atoms with Gasteiger partial charge >= 0.3 is 15.1 Å². The minimum atomic E-state index is -3.30. The van der Waals surface area contributed by atoms with Crippen molar-refractivity contribution in [3.05, 3.63) is 48.6 Å². The summed E-state index contributed by atoms with van der Waals surface area (Å²) in [7, 11) is 0. The lowest BCUT2D eigenvalue weighted by Crippen LogP contribution is -2.35. The summed E-state index contributed by atoms with van der Waals surface area (Å²) >= 11 is -3.30. The minimum Gasteiger partial charge on any atom is -0.561 e. The number of carbonyl (C=O) groups is 4. The van der Waals surface area contributed by atoms with E-state index < -0.39 is 27.1 Å². The van der Waals surface area contributed by atoms with Crippen LogP contribution in [0.1, 0.15) is 439 Å². The van der Waals surface area contributed by atoms with Gasteiger partial charge in [-0.15, -0.1) is 0 Å². The summed E-state index contributed by atoms with van der Waals surface area (Å²) in [4.78, 5) is 55.1. The number of carbonyl (C=O) groups excluding carboxylic acids is 4. The third kappa shape index (κ3) is 67.5. The smallest absolute Gasteiger partial charge is 0.561 e. The van der Waals surface area contributed by atoms with Gasteiger partial charge in [0.25, 0.3) is 11.9 Å². The summed E-state index contributed by atoms with van der Waals surface area (Å²) in [5.41, 5.74) is 0. The van der Waals surface area contributed by atoms with E-state index in [-0.39, 0.29) is 42.9 Å². The van der Waals surface area contributed by atoms with Crippen molar-refractivity contribution in [3.63, 3.8) is 0 Å². The van der Waals surface area contributed by atoms with E-state index in [2.05, 4.69) is 76.3 Å². The molecule has 0 aromatic carbocycles. The van der Waals surface area contributed by atoms with E-state index in [1.54, 1.807) is 0 Å². The van der Waals surface area contributed by atoms with Crippen molar-refractivity contribution in [2.75, 3.05) is 6.61 Å². The van der Waals surface area contributed by atoms with Gasteiger partial charge in [-0.1, -0.05) is 340 Å². The van der Waals surface area contributed by atoms with E-state index >= 15 is 0 Å². The largest absolute Gasteiger partial charge is 1.10 e. The van der Waals surface area contributed by atoms with Gasteiger partial charge in [0.2, 0.25) is 0 Å². The molecule has 0 amide bonds. The van der Waals surface area contributed by atoms with Crippen LogP contribution in [0, 0.1) is 11.8 Å². The topological polar surface area (TPSA) is 96.0 Å². The molecule has 0 N–H and O–H groups in total. The van der Waals surface area contributed by atoms with Crippen LogP contribution in [0.2, 0.25) is 0 Å². The molecule has 0 aliphatic carbocycles. The molecule has 530 valence electrons. The predicted molar refractivity (Wildman–Crippen MR) is 397 cm³/mol.